The van der Waals surface area contributed by atoms with Crippen molar-refractivity contribution in [1.29, 1.82) is 0 Å². The predicted molar refractivity (Wildman–Crippen MR) is 63.0 cm³/mol. The third-order valence-corrected chi connectivity index (χ3v) is 1.77. The first-order valence-electron chi connectivity index (χ1n) is 5.39. The normalized spacial score (nSPS) is 11.1. The second-order valence-corrected chi connectivity index (χ2v) is 4.70. The molecule has 0 radical (unpaired) electrons. The lowest BCUT2D eigenvalue weighted by Gasteiger charge is -2.20. The highest BCUT2D eigenvalue weighted by Gasteiger charge is 2.12. The average molecular weight is 240 g/mol. The number of carbonyl (C=O) groups is 1. The van der Waals surface area contributed by atoms with E-state index >= 15 is 0 Å². The van der Waals surface area contributed by atoms with E-state index in [2.05, 4.69) is 20.6 Å². The number of anilines is 1. The first kappa shape index (κ1) is 13.3. The van der Waals surface area contributed by atoms with Gasteiger partial charge in [-0.25, -0.2) is 14.4 Å². The summed E-state index contributed by atoms with van der Waals surface area (Å²) in [6, 6.07) is 0. The van der Waals surface area contributed by atoms with E-state index in [1.54, 1.807) is 0 Å². The number of aromatic nitrogens is 2. The fourth-order valence-electron chi connectivity index (χ4n) is 1.17. The molecule has 1 aromatic heterocycles. The largest absolute Gasteiger partial charge is 0.354 e. The van der Waals surface area contributed by atoms with Crippen LogP contribution < -0.4 is 10.6 Å². The Bertz CT molecular complexity index is 372. The molecule has 6 heteroatoms. The lowest BCUT2D eigenvalue weighted by atomic mass is 10.1. The van der Waals surface area contributed by atoms with Crippen LogP contribution in [0.1, 0.15) is 27.2 Å². The molecule has 0 atom stereocenters. The minimum atomic E-state index is -0.485. The number of amides is 1. The van der Waals surface area contributed by atoms with Crippen LogP contribution in [-0.4, -0.2) is 28.0 Å². The summed E-state index contributed by atoms with van der Waals surface area (Å²) in [5.74, 6) is -0.219. The number of nitrogens with zero attached hydrogens (tertiary/aromatic N) is 2. The van der Waals surface area contributed by atoms with Gasteiger partial charge in [-0.15, -0.1) is 0 Å². The van der Waals surface area contributed by atoms with E-state index < -0.39 is 5.82 Å². The molecule has 94 valence electrons. The van der Waals surface area contributed by atoms with Gasteiger partial charge >= 0.3 is 0 Å². The molecular formula is C11H17FN4O. The Morgan fingerprint density at radius 1 is 1.35 bits per heavy atom. The van der Waals surface area contributed by atoms with Crippen molar-refractivity contribution in [2.45, 2.75) is 32.7 Å². The molecule has 1 heterocycles. The molecule has 0 aliphatic rings. The van der Waals surface area contributed by atoms with Gasteiger partial charge in [-0.3, -0.25) is 4.79 Å². The topological polar surface area (TPSA) is 66.9 Å². The highest BCUT2D eigenvalue weighted by atomic mass is 19.1. The molecule has 5 nitrogen and oxygen atoms in total. The Balaban J connectivity index is 2.28. The van der Waals surface area contributed by atoms with Crippen molar-refractivity contribution in [2.75, 3.05) is 11.9 Å². The van der Waals surface area contributed by atoms with E-state index in [1.807, 2.05) is 20.8 Å². The first-order valence-corrected chi connectivity index (χ1v) is 5.39. The minimum absolute atomic E-state index is 0.0490. The molecule has 1 aromatic rings. The summed E-state index contributed by atoms with van der Waals surface area (Å²) >= 11 is 0. The lowest BCUT2D eigenvalue weighted by molar-refractivity contribution is -0.122. The Kier molecular flexibility index (Phi) is 4.37. The lowest BCUT2D eigenvalue weighted by Crippen LogP contribution is -2.41. The fraction of sp³-hybridized carbons (Fsp3) is 0.545. The molecule has 0 saturated heterocycles. The number of carbonyl (C=O) groups excluding carboxylic acids is 1. The molecule has 0 spiro atoms. The average Bonchev–Trinajstić information content (AvgIpc) is 2.18. The smallest absolute Gasteiger partial charge is 0.222 e. The maximum absolute atomic E-state index is 12.5. The highest BCUT2D eigenvalue weighted by Crippen LogP contribution is 2.00. The molecule has 1 rings (SSSR count). The molecule has 2 N–H and O–H groups in total. The molecule has 0 bridgehead atoms. The van der Waals surface area contributed by atoms with E-state index in [4.69, 9.17) is 0 Å². The van der Waals surface area contributed by atoms with Gasteiger partial charge < -0.3 is 10.6 Å². The first-order chi connectivity index (χ1) is 7.87. The van der Waals surface area contributed by atoms with E-state index in [9.17, 15) is 9.18 Å². The van der Waals surface area contributed by atoms with Crippen LogP contribution in [0.2, 0.25) is 0 Å². The maximum Gasteiger partial charge on any atom is 0.222 e. The summed E-state index contributed by atoms with van der Waals surface area (Å²) in [5, 5.41) is 5.67. The van der Waals surface area contributed by atoms with Crippen molar-refractivity contribution in [2.24, 2.45) is 0 Å². The standard InChI is InChI=1S/C11H17FN4O/c1-11(2,3)16-9(17)4-5-13-10-14-6-8(12)7-15-10/h6-7H,4-5H2,1-3H3,(H,16,17)(H,13,14,15). The van der Waals surface area contributed by atoms with Gasteiger partial charge in [0.2, 0.25) is 11.9 Å². The van der Waals surface area contributed by atoms with Gasteiger partial charge in [0.05, 0.1) is 12.4 Å². The van der Waals surface area contributed by atoms with Crippen molar-refractivity contribution in [3.8, 4) is 0 Å². The zero-order valence-electron chi connectivity index (χ0n) is 10.2. The molecule has 1 amide bonds. The Labute approximate surface area is 99.9 Å². The van der Waals surface area contributed by atoms with Crippen LogP contribution in [0.5, 0.6) is 0 Å². The Hall–Kier alpha value is -1.72. The van der Waals surface area contributed by atoms with Crippen LogP contribution in [0.25, 0.3) is 0 Å². The zero-order chi connectivity index (χ0) is 12.9. The molecule has 0 aliphatic heterocycles. The van der Waals surface area contributed by atoms with E-state index in [0.717, 1.165) is 12.4 Å². The Morgan fingerprint density at radius 3 is 2.47 bits per heavy atom. The van der Waals surface area contributed by atoms with Crippen LogP contribution in [0.4, 0.5) is 10.3 Å². The van der Waals surface area contributed by atoms with Crippen LogP contribution in [0.3, 0.4) is 0 Å². The number of hydrogen-bond acceptors (Lipinski definition) is 4. The van der Waals surface area contributed by atoms with Gasteiger partial charge in [-0.2, -0.15) is 0 Å². The van der Waals surface area contributed by atoms with Crippen LogP contribution in [-0.2, 0) is 4.79 Å². The third kappa shape index (κ3) is 5.79. The summed E-state index contributed by atoms with van der Waals surface area (Å²) in [5.41, 5.74) is -0.233. The van der Waals surface area contributed by atoms with E-state index in [0.29, 0.717) is 18.9 Å². The number of rotatable bonds is 4. The van der Waals surface area contributed by atoms with Gasteiger partial charge in [0.25, 0.3) is 0 Å². The fourth-order valence-corrected chi connectivity index (χ4v) is 1.17. The van der Waals surface area contributed by atoms with Crippen molar-refractivity contribution < 1.29 is 9.18 Å². The van der Waals surface area contributed by atoms with Crippen molar-refractivity contribution in [3.05, 3.63) is 18.2 Å². The maximum atomic E-state index is 12.5. The number of hydrogen-bond donors (Lipinski definition) is 2. The van der Waals surface area contributed by atoms with Gasteiger partial charge in [-0.05, 0) is 20.8 Å². The van der Waals surface area contributed by atoms with Crippen molar-refractivity contribution >= 4 is 11.9 Å². The van der Waals surface area contributed by atoms with Crippen LogP contribution in [0, 0.1) is 5.82 Å². The Morgan fingerprint density at radius 2 is 1.94 bits per heavy atom. The summed E-state index contributed by atoms with van der Waals surface area (Å²) in [6.45, 7) is 6.16. The minimum Gasteiger partial charge on any atom is -0.354 e. The summed E-state index contributed by atoms with van der Waals surface area (Å²) in [7, 11) is 0. The summed E-state index contributed by atoms with van der Waals surface area (Å²) in [4.78, 5) is 18.9. The molecule has 0 fully saturated rings. The quantitative estimate of drug-likeness (QED) is 0.833. The molecule has 0 unspecified atom stereocenters. The monoisotopic (exact) mass is 240 g/mol. The van der Waals surface area contributed by atoms with Gasteiger partial charge in [0, 0.05) is 18.5 Å². The van der Waals surface area contributed by atoms with Crippen molar-refractivity contribution in [3.63, 3.8) is 0 Å². The van der Waals surface area contributed by atoms with Crippen LogP contribution in [0.15, 0.2) is 12.4 Å². The third-order valence-electron chi connectivity index (χ3n) is 1.77. The number of nitrogens with one attached hydrogen (secondary N) is 2. The van der Waals surface area contributed by atoms with Gasteiger partial charge in [-0.1, -0.05) is 0 Å². The second-order valence-electron chi connectivity index (χ2n) is 4.70. The molecule has 0 aliphatic carbocycles. The molecule has 17 heavy (non-hydrogen) atoms. The zero-order valence-corrected chi connectivity index (χ0v) is 10.2. The number of halogens is 1. The highest BCUT2D eigenvalue weighted by molar-refractivity contribution is 5.77. The molecule has 0 saturated carbocycles. The van der Waals surface area contributed by atoms with Crippen molar-refractivity contribution in [1.82, 2.24) is 15.3 Å². The molecule has 0 aromatic carbocycles. The van der Waals surface area contributed by atoms with Crippen LogP contribution >= 0.6 is 0 Å². The molecular weight excluding hydrogens is 223 g/mol. The van der Waals surface area contributed by atoms with E-state index in [1.165, 1.54) is 0 Å². The van der Waals surface area contributed by atoms with E-state index in [-0.39, 0.29) is 11.4 Å². The van der Waals surface area contributed by atoms with Gasteiger partial charge in [0.15, 0.2) is 5.82 Å². The summed E-state index contributed by atoms with van der Waals surface area (Å²) < 4.78 is 12.5. The summed E-state index contributed by atoms with van der Waals surface area (Å²) in [6.07, 6.45) is 2.47. The van der Waals surface area contributed by atoms with Gasteiger partial charge in [0.1, 0.15) is 0 Å². The SMILES string of the molecule is CC(C)(C)NC(=O)CCNc1ncc(F)cn1. The second kappa shape index (κ2) is 5.56. The predicted octanol–water partition coefficient (Wildman–Crippen LogP) is 1.33.